The molecule has 0 bridgehead atoms. The van der Waals surface area contributed by atoms with Gasteiger partial charge in [-0.05, 0) is 42.8 Å². The quantitative estimate of drug-likeness (QED) is 0.446. The Balaban J connectivity index is 1.44. The van der Waals surface area contributed by atoms with Crippen LogP contribution in [0.5, 0.6) is 0 Å². The highest BCUT2D eigenvalue weighted by molar-refractivity contribution is 7.98. The van der Waals surface area contributed by atoms with Gasteiger partial charge in [-0.1, -0.05) is 46.7 Å². The molecule has 2 aromatic carbocycles. The molecule has 0 unspecified atom stereocenters. The van der Waals surface area contributed by atoms with Crippen molar-refractivity contribution in [2.24, 2.45) is 0 Å². The van der Waals surface area contributed by atoms with Crippen molar-refractivity contribution >= 4 is 23.4 Å². The smallest absolute Gasteiger partial charge is 0.277 e. The van der Waals surface area contributed by atoms with Gasteiger partial charge in [0.15, 0.2) is 0 Å². The maximum Gasteiger partial charge on any atom is 0.277 e. The molecule has 130 valence electrons. The van der Waals surface area contributed by atoms with Crippen LogP contribution >= 0.6 is 23.4 Å². The number of hydrogen-bond acceptors (Lipinski definition) is 7. The molecular weight excluding hydrogens is 372 g/mol. The van der Waals surface area contributed by atoms with Crippen LogP contribution in [0.4, 0.5) is 0 Å². The lowest BCUT2D eigenvalue weighted by Gasteiger charge is -1.98. The van der Waals surface area contributed by atoms with E-state index in [1.54, 1.807) is 12.1 Å². The van der Waals surface area contributed by atoms with Crippen LogP contribution < -0.4 is 0 Å². The molecule has 2 aromatic heterocycles. The molecule has 0 saturated carbocycles. The molecule has 0 N–H and O–H groups in total. The van der Waals surface area contributed by atoms with Gasteiger partial charge in [0, 0.05) is 16.1 Å². The predicted molar refractivity (Wildman–Crippen MR) is 98.8 cm³/mol. The number of hydrogen-bond donors (Lipinski definition) is 0. The van der Waals surface area contributed by atoms with Gasteiger partial charge in [-0.2, -0.15) is 4.98 Å². The first kappa shape index (κ1) is 16.8. The van der Waals surface area contributed by atoms with Crippen LogP contribution in [-0.4, -0.2) is 20.3 Å². The molecule has 0 fully saturated rings. The maximum absolute atomic E-state index is 5.89. The zero-order valence-electron chi connectivity index (χ0n) is 13.7. The summed E-state index contributed by atoms with van der Waals surface area (Å²) in [5.41, 5.74) is 2.85. The van der Waals surface area contributed by atoms with Crippen molar-refractivity contribution in [2.45, 2.75) is 17.9 Å². The first-order chi connectivity index (χ1) is 12.7. The first-order valence-corrected chi connectivity index (χ1v) is 9.16. The topological polar surface area (TPSA) is 77.8 Å². The van der Waals surface area contributed by atoms with Gasteiger partial charge in [-0.25, -0.2) is 0 Å². The highest BCUT2D eigenvalue weighted by Crippen LogP contribution is 2.27. The first-order valence-electron chi connectivity index (χ1n) is 7.80. The number of aromatic nitrogens is 4. The molecule has 0 aliphatic carbocycles. The molecule has 0 aliphatic heterocycles. The van der Waals surface area contributed by atoms with Crippen molar-refractivity contribution in [3.05, 3.63) is 65.0 Å². The van der Waals surface area contributed by atoms with E-state index in [-0.39, 0.29) is 0 Å². The van der Waals surface area contributed by atoms with Crippen molar-refractivity contribution in [1.82, 2.24) is 20.3 Å². The summed E-state index contributed by atoms with van der Waals surface area (Å²) in [5.74, 6) is 1.94. The Morgan fingerprint density at radius 1 is 1.04 bits per heavy atom. The summed E-state index contributed by atoms with van der Waals surface area (Å²) < 4.78 is 11.0. The molecule has 4 aromatic rings. The van der Waals surface area contributed by atoms with Crippen LogP contribution in [0, 0.1) is 6.92 Å². The van der Waals surface area contributed by atoms with E-state index >= 15 is 0 Å². The maximum atomic E-state index is 5.89. The van der Waals surface area contributed by atoms with Gasteiger partial charge in [0.1, 0.15) is 0 Å². The highest BCUT2D eigenvalue weighted by Gasteiger charge is 2.14. The van der Waals surface area contributed by atoms with E-state index in [1.807, 2.05) is 43.3 Å². The Morgan fingerprint density at radius 2 is 1.85 bits per heavy atom. The summed E-state index contributed by atoms with van der Waals surface area (Å²) in [6.07, 6.45) is 0. The van der Waals surface area contributed by atoms with Gasteiger partial charge in [0.25, 0.3) is 5.22 Å². The zero-order valence-corrected chi connectivity index (χ0v) is 15.3. The average Bonchev–Trinajstić information content (AvgIpc) is 3.30. The molecule has 6 nitrogen and oxygen atoms in total. The Hall–Kier alpha value is -2.64. The average molecular weight is 385 g/mol. The SMILES string of the molecule is Cc1ccccc1-c1nnc(SCc2nc(-c3ccc(Cl)cc3)no2)o1. The standard InChI is InChI=1S/C18H13ClN4O2S/c1-11-4-2-3-5-14(11)17-21-22-18(24-17)26-10-15-20-16(23-25-15)12-6-8-13(19)9-7-12/h2-9H,10H2,1H3. The Morgan fingerprint density at radius 3 is 2.65 bits per heavy atom. The van der Waals surface area contributed by atoms with Crippen LogP contribution in [-0.2, 0) is 5.75 Å². The second-order valence-corrected chi connectivity index (χ2v) is 6.86. The van der Waals surface area contributed by atoms with Crippen molar-refractivity contribution in [3.63, 3.8) is 0 Å². The number of halogens is 1. The Labute approximate surface area is 158 Å². The number of rotatable bonds is 5. The molecule has 0 atom stereocenters. The summed E-state index contributed by atoms with van der Waals surface area (Å²) in [6, 6.07) is 15.1. The van der Waals surface area contributed by atoms with Gasteiger partial charge >= 0.3 is 0 Å². The number of thioether (sulfide) groups is 1. The molecule has 0 saturated heterocycles. The fourth-order valence-electron chi connectivity index (χ4n) is 2.34. The zero-order chi connectivity index (χ0) is 17.9. The molecule has 8 heteroatoms. The molecule has 0 aliphatic rings. The summed E-state index contributed by atoms with van der Waals surface area (Å²) >= 11 is 7.24. The highest BCUT2D eigenvalue weighted by atomic mass is 35.5. The van der Waals surface area contributed by atoms with E-state index in [1.165, 1.54) is 11.8 Å². The molecular formula is C18H13ClN4O2S. The van der Waals surface area contributed by atoms with E-state index in [0.717, 1.165) is 16.7 Å². The monoisotopic (exact) mass is 384 g/mol. The van der Waals surface area contributed by atoms with Gasteiger partial charge in [0.2, 0.25) is 17.6 Å². The van der Waals surface area contributed by atoms with E-state index < -0.39 is 0 Å². The van der Waals surface area contributed by atoms with Crippen LogP contribution in [0.2, 0.25) is 5.02 Å². The third-order valence-corrected chi connectivity index (χ3v) is 4.73. The van der Waals surface area contributed by atoms with Gasteiger partial charge in [-0.15, -0.1) is 10.2 Å². The lowest BCUT2D eigenvalue weighted by Crippen LogP contribution is -1.83. The Bertz CT molecular complexity index is 1030. The Kier molecular flexibility index (Phi) is 4.73. The van der Waals surface area contributed by atoms with Crippen LogP contribution in [0.15, 0.2) is 62.7 Å². The summed E-state index contributed by atoms with van der Waals surface area (Å²) in [5, 5.41) is 13.3. The minimum Gasteiger partial charge on any atom is -0.411 e. The van der Waals surface area contributed by atoms with Crippen molar-refractivity contribution in [2.75, 3.05) is 0 Å². The normalized spacial score (nSPS) is 11.0. The van der Waals surface area contributed by atoms with Crippen LogP contribution in [0.25, 0.3) is 22.8 Å². The van der Waals surface area contributed by atoms with E-state index in [0.29, 0.717) is 33.6 Å². The predicted octanol–water partition coefficient (Wildman–Crippen LogP) is 5.04. The minimum absolute atomic E-state index is 0.440. The fourth-order valence-corrected chi connectivity index (χ4v) is 3.07. The van der Waals surface area contributed by atoms with Crippen molar-refractivity contribution in [3.8, 4) is 22.8 Å². The second-order valence-electron chi connectivity index (χ2n) is 5.50. The van der Waals surface area contributed by atoms with Crippen LogP contribution in [0.3, 0.4) is 0 Å². The molecule has 26 heavy (non-hydrogen) atoms. The molecule has 2 heterocycles. The van der Waals surface area contributed by atoms with Gasteiger partial charge < -0.3 is 8.94 Å². The fraction of sp³-hybridized carbons (Fsp3) is 0.111. The summed E-state index contributed by atoms with van der Waals surface area (Å²) in [4.78, 5) is 4.37. The van der Waals surface area contributed by atoms with Crippen LogP contribution in [0.1, 0.15) is 11.5 Å². The van der Waals surface area contributed by atoms with Gasteiger partial charge in [-0.3, -0.25) is 0 Å². The summed E-state index contributed by atoms with van der Waals surface area (Å²) in [6.45, 7) is 2.00. The second kappa shape index (κ2) is 7.31. The number of benzene rings is 2. The van der Waals surface area contributed by atoms with Crippen molar-refractivity contribution in [1.29, 1.82) is 0 Å². The number of aryl methyl sites for hydroxylation is 1. The molecule has 4 rings (SSSR count). The third kappa shape index (κ3) is 3.63. The number of nitrogens with zero attached hydrogens (tertiary/aromatic N) is 4. The lowest BCUT2D eigenvalue weighted by atomic mass is 10.1. The third-order valence-electron chi connectivity index (χ3n) is 3.67. The van der Waals surface area contributed by atoms with E-state index in [4.69, 9.17) is 20.5 Å². The molecule has 0 amide bonds. The lowest BCUT2D eigenvalue weighted by molar-refractivity contribution is 0.391. The van der Waals surface area contributed by atoms with Crippen molar-refractivity contribution < 1.29 is 8.94 Å². The molecule has 0 spiro atoms. The summed E-state index contributed by atoms with van der Waals surface area (Å²) in [7, 11) is 0. The minimum atomic E-state index is 0.440. The van der Waals surface area contributed by atoms with Gasteiger partial charge in [0.05, 0.1) is 5.75 Å². The largest absolute Gasteiger partial charge is 0.411 e. The molecule has 0 radical (unpaired) electrons. The van der Waals surface area contributed by atoms with E-state index in [2.05, 4.69) is 20.3 Å². The van der Waals surface area contributed by atoms with E-state index in [9.17, 15) is 0 Å².